The summed E-state index contributed by atoms with van der Waals surface area (Å²) in [7, 11) is 1.70. The Kier molecular flexibility index (Phi) is 2.89. The summed E-state index contributed by atoms with van der Waals surface area (Å²) in [6.45, 7) is 0. The van der Waals surface area contributed by atoms with Gasteiger partial charge in [-0.05, 0) is 6.07 Å². The molecule has 1 aromatic heterocycles. The third-order valence-electron chi connectivity index (χ3n) is 1.36. The number of rotatable bonds is 2. The molecule has 0 bridgehead atoms. The molecule has 3 nitrogen and oxygen atoms in total. The van der Waals surface area contributed by atoms with Gasteiger partial charge in [0.25, 0.3) is 0 Å². The molecule has 0 unspecified atom stereocenters. The molecule has 0 amide bonds. The van der Waals surface area contributed by atoms with Crippen molar-refractivity contribution < 1.29 is 0 Å². The highest BCUT2D eigenvalue weighted by molar-refractivity contribution is 6.36. The lowest BCUT2D eigenvalue weighted by atomic mass is 10.3. The molecule has 0 aliphatic heterocycles. The molecular formula is C7H7Cl2N3. The summed E-state index contributed by atoms with van der Waals surface area (Å²) >= 11 is 11.4. The summed E-state index contributed by atoms with van der Waals surface area (Å²) in [4.78, 5) is 3.94. The van der Waals surface area contributed by atoms with Gasteiger partial charge in [-0.2, -0.15) is 0 Å². The van der Waals surface area contributed by atoms with Gasteiger partial charge in [-0.1, -0.05) is 23.2 Å². The Hall–Kier alpha value is -0.800. The van der Waals surface area contributed by atoms with Crippen LogP contribution in [0.15, 0.2) is 6.07 Å². The highest BCUT2D eigenvalue weighted by Crippen LogP contribution is 2.23. The molecule has 1 aromatic rings. The third-order valence-corrected chi connectivity index (χ3v) is 1.86. The summed E-state index contributed by atoms with van der Waals surface area (Å²) in [6.07, 6.45) is 1.14. The van der Waals surface area contributed by atoms with Crippen molar-refractivity contribution in [3.8, 4) is 0 Å². The van der Waals surface area contributed by atoms with Gasteiger partial charge < -0.3 is 10.7 Å². The summed E-state index contributed by atoms with van der Waals surface area (Å²) in [5.41, 5.74) is 0.545. The second kappa shape index (κ2) is 3.74. The molecule has 0 saturated heterocycles. The van der Waals surface area contributed by atoms with E-state index in [0.717, 1.165) is 6.21 Å². The number of nitrogens with zero attached hydrogens (tertiary/aromatic N) is 1. The predicted molar refractivity (Wildman–Crippen MR) is 51.7 cm³/mol. The average molecular weight is 204 g/mol. The van der Waals surface area contributed by atoms with Crippen molar-refractivity contribution in [2.24, 2.45) is 0 Å². The molecule has 12 heavy (non-hydrogen) atoms. The molecule has 64 valence electrons. The van der Waals surface area contributed by atoms with Gasteiger partial charge in [-0.3, -0.25) is 0 Å². The molecule has 0 aliphatic rings. The van der Waals surface area contributed by atoms with Crippen LogP contribution in [0.1, 0.15) is 5.56 Å². The number of aromatic nitrogens is 1. The van der Waals surface area contributed by atoms with Crippen LogP contribution in [0.5, 0.6) is 0 Å². The maximum atomic E-state index is 7.07. The van der Waals surface area contributed by atoms with Gasteiger partial charge in [0.05, 0.1) is 10.6 Å². The zero-order valence-corrected chi connectivity index (χ0v) is 7.87. The molecule has 0 fully saturated rings. The number of pyridine rings is 1. The van der Waals surface area contributed by atoms with Gasteiger partial charge in [-0.25, -0.2) is 4.98 Å². The van der Waals surface area contributed by atoms with E-state index < -0.39 is 0 Å². The monoisotopic (exact) mass is 203 g/mol. The Balaban J connectivity index is 3.33. The van der Waals surface area contributed by atoms with Gasteiger partial charge in [0.2, 0.25) is 0 Å². The Morgan fingerprint density at radius 2 is 2.25 bits per heavy atom. The molecule has 0 atom stereocenters. The fourth-order valence-electron chi connectivity index (χ4n) is 0.823. The molecule has 5 heteroatoms. The molecule has 1 rings (SSSR count). The van der Waals surface area contributed by atoms with Crippen molar-refractivity contribution >= 4 is 35.2 Å². The lowest BCUT2D eigenvalue weighted by molar-refractivity contribution is 1.28. The molecule has 0 saturated carbocycles. The SMILES string of the molecule is CNc1nc(Cl)cc(Cl)c1C=N. The smallest absolute Gasteiger partial charge is 0.137 e. The molecule has 2 N–H and O–H groups in total. The van der Waals surface area contributed by atoms with E-state index >= 15 is 0 Å². The normalized spacial score (nSPS) is 9.58. The summed E-state index contributed by atoms with van der Waals surface area (Å²) in [6, 6.07) is 1.50. The number of hydrogen-bond donors (Lipinski definition) is 2. The quantitative estimate of drug-likeness (QED) is 0.574. The van der Waals surface area contributed by atoms with E-state index in [9.17, 15) is 0 Å². The van der Waals surface area contributed by atoms with Crippen LogP contribution in [0.2, 0.25) is 10.2 Å². The van der Waals surface area contributed by atoms with Crippen LogP contribution in [0, 0.1) is 5.41 Å². The number of hydrogen-bond acceptors (Lipinski definition) is 3. The molecule has 1 heterocycles. The van der Waals surface area contributed by atoms with Gasteiger partial charge in [0, 0.05) is 13.3 Å². The Morgan fingerprint density at radius 1 is 1.58 bits per heavy atom. The van der Waals surface area contributed by atoms with Gasteiger partial charge in [-0.15, -0.1) is 0 Å². The lowest BCUT2D eigenvalue weighted by Crippen LogP contribution is -1.98. The molecule has 0 aromatic carbocycles. The van der Waals surface area contributed by atoms with Gasteiger partial charge >= 0.3 is 0 Å². The van der Waals surface area contributed by atoms with E-state index in [1.165, 1.54) is 6.07 Å². The minimum absolute atomic E-state index is 0.315. The Bertz CT molecular complexity index is 312. The van der Waals surface area contributed by atoms with Crippen molar-refractivity contribution in [3.05, 3.63) is 21.8 Å². The minimum atomic E-state index is 0.315. The average Bonchev–Trinajstić information content (AvgIpc) is 2.03. The maximum absolute atomic E-state index is 7.07. The van der Waals surface area contributed by atoms with Crippen LogP contribution in [0.25, 0.3) is 0 Å². The zero-order chi connectivity index (χ0) is 9.14. The van der Waals surface area contributed by atoms with E-state index in [4.69, 9.17) is 28.6 Å². The Morgan fingerprint density at radius 3 is 2.75 bits per heavy atom. The van der Waals surface area contributed by atoms with E-state index in [2.05, 4.69) is 10.3 Å². The zero-order valence-electron chi connectivity index (χ0n) is 6.36. The van der Waals surface area contributed by atoms with E-state index in [1.807, 2.05) is 0 Å². The highest BCUT2D eigenvalue weighted by Gasteiger charge is 2.06. The first-order valence-corrected chi connectivity index (χ1v) is 3.99. The lowest BCUT2D eigenvalue weighted by Gasteiger charge is -2.05. The Labute approximate surface area is 80.2 Å². The van der Waals surface area contributed by atoms with E-state index in [0.29, 0.717) is 21.6 Å². The largest absolute Gasteiger partial charge is 0.373 e. The first-order valence-electron chi connectivity index (χ1n) is 3.23. The number of nitrogens with one attached hydrogen (secondary N) is 2. The van der Waals surface area contributed by atoms with Crippen LogP contribution in [0.4, 0.5) is 5.82 Å². The minimum Gasteiger partial charge on any atom is -0.373 e. The van der Waals surface area contributed by atoms with Crippen molar-refractivity contribution in [2.45, 2.75) is 0 Å². The molecule has 0 aliphatic carbocycles. The summed E-state index contributed by atoms with van der Waals surface area (Å²) < 4.78 is 0. The van der Waals surface area contributed by atoms with Crippen molar-refractivity contribution in [2.75, 3.05) is 12.4 Å². The van der Waals surface area contributed by atoms with Crippen molar-refractivity contribution in [1.29, 1.82) is 5.41 Å². The van der Waals surface area contributed by atoms with Crippen LogP contribution >= 0.6 is 23.2 Å². The van der Waals surface area contributed by atoms with Crippen LogP contribution in [-0.2, 0) is 0 Å². The second-order valence-electron chi connectivity index (χ2n) is 2.08. The number of halogens is 2. The topological polar surface area (TPSA) is 48.8 Å². The third kappa shape index (κ3) is 1.68. The summed E-state index contributed by atoms with van der Waals surface area (Å²) in [5.74, 6) is 0.516. The second-order valence-corrected chi connectivity index (χ2v) is 2.88. The van der Waals surface area contributed by atoms with Crippen molar-refractivity contribution in [3.63, 3.8) is 0 Å². The van der Waals surface area contributed by atoms with Crippen LogP contribution in [-0.4, -0.2) is 18.2 Å². The first-order chi connectivity index (χ1) is 5.69. The molecule has 0 spiro atoms. The standard InChI is InChI=1S/C7H7Cl2N3/c1-11-7-4(3-10)5(8)2-6(9)12-7/h2-3,10H,1H3,(H,11,12). The fraction of sp³-hybridized carbons (Fsp3) is 0.143. The first kappa shape index (κ1) is 9.29. The molecular weight excluding hydrogens is 197 g/mol. The van der Waals surface area contributed by atoms with E-state index in [1.54, 1.807) is 7.05 Å². The molecule has 0 radical (unpaired) electrons. The highest BCUT2D eigenvalue weighted by atomic mass is 35.5. The maximum Gasteiger partial charge on any atom is 0.137 e. The van der Waals surface area contributed by atoms with Crippen molar-refractivity contribution in [1.82, 2.24) is 4.98 Å². The predicted octanol–water partition coefficient (Wildman–Crippen LogP) is 2.43. The van der Waals surface area contributed by atoms with Gasteiger partial charge in [0.15, 0.2) is 0 Å². The van der Waals surface area contributed by atoms with Gasteiger partial charge in [0.1, 0.15) is 11.0 Å². The fourth-order valence-corrected chi connectivity index (χ4v) is 1.32. The number of anilines is 1. The van der Waals surface area contributed by atoms with Crippen LogP contribution in [0.3, 0.4) is 0 Å². The van der Waals surface area contributed by atoms with E-state index in [-0.39, 0.29) is 0 Å². The summed E-state index contributed by atoms with van der Waals surface area (Å²) in [5, 5.41) is 10.6. The van der Waals surface area contributed by atoms with Crippen LogP contribution < -0.4 is 5.32 Å².